The Balaban J connectivity index is -0.000000186. The molecule has 1 aromatic carbocycles. The van der Waals surface area contributed by atoms with Crippen LogP contribution in [0.5, 0.6) is 0 Å². The van der Waals surface area contributed by atoms with Gasteiger partial charge in [-0.15, -0.1) is 13.2 Å². The van der Waals surface area contributed by atoms with E-state index in [4.69, 9.17) is 0 Å². The maximum atomic E-state index is 3.00. The molecule has 0 amide bonds. The first-order valence-electron chi connectivity index (χ1n) is 11.0. The topological polar surface area (TPSA) is 6.48 Å². The first-order valence-corrected chi connectivity index (χ1v) is 11.0. The van der Waals surface area contributed by atoms with Crippen LogP contribution in [0, 0.1) is 13.8 Å². The zero-order valence-corrected chi connectivity index (χ0v) is 20.8. The van der Waals surface area contributed by atoms with Crippen molar-refractivity contribution in [3.63, 3.8) is 0 Å². The first kappa shape index (κ1) is 33.3. The first-order chi connectivity index (χ1) is 13.0. The lowest BCUT2D eigenvalue weighted by Crippen LogP contribution is -2.44. The minimum atomic E-state index is 1.15. The SMILES string of the molecule is C=C.CC.CC.CCC.CCC.Cc1ccc(N2CCN(C)CC2)cc1C. The summed E-state index contributed by atoms with van der Waals surface area (Å²) in [6.45, 7) is 31.5. The summed E-state index contributed by atoms with van der Waals surface area (Å²) in [6, 6.07) is 6.78. The normalized spacial score (nSPS) is 12.0. The Bertz CT molecular complexity index is 378. The predicted molar refractivity (Wildman–Crippen MR) is 132 cm³/mol. The highest BCUT2D eigenvalue weighted by Crippen LogP contribution is 2.19. The van der Waals surface area contributed by atoms with E-state index in [1.807, 2.05) is 27.7 Å². The smallest absolute Gasteiger partial charge is 0.0369 e. The van der Waals surface area contributed by atoms with Crippen LogP contribution in [-0.4, -0.2) is 38.1 Å². The summed E-state index contributed by atoms with van der Waals surface area (Å²) in [4.78, 5) is 4.87. The van der Waals surface area contributed by atoms with Crippen molar-refractivity contribution in [3.8, 4) is 0 Å². The maximum absolute atomic E-state index is 3.00. The number of aryl methyl sites for hydroxylation is 2. The van der Waals surface area contributed by atoms with Crippen LogP contribution in [0.4, 0.5) is 5.69 Å². The molecule has 2 nitrogen and oxygen atoms in total. The predicted octanol–water partition coefficient (Wildman–Crippen LogP) is 7.74. The molecule has 0 unspecified atom stereocenters. The van der Waals surface area contributed by atoms with Crippen molar-refractivity contribution in [2.45, 2.75) is 82.1 Å². The zero-order chi connectivity index (χ0) is 22.3. The molecule has 1 fully saturated rings. The van der Waals surface area contributed by atoms with Crippen molar-refractivity contribution in [2.75, 3.05) is 38.1 Å². The summed E-state index contributed by atoms with van der Waals surface area (Å²) in [5.74, 6) is 0. The van der Waals surface area contributed by atoms with Crippen molar-refractivity contribution in [2.24, 2.45) is 0 Å². The highest BCUT2D eigenvalue weighted by molar-refractivity contribution is 5.50. The second-order valence-corrected chi connectivity index (χ2v) is 5.97. The Morgan fingerprint density at radius 3 is 1.44 bits per heavy atom. The third kappa shape index (κ3) is 19.3. The van der Waals surface area contributed by atoms with Gasteiger partial charge in [-0.25, -0.2) is 0 Å². The molecule has 2 heteroatoms. The van der Waals surface area contributed by atoms with E-state index in [0.29, 0.717) is 0 Å². The lowest BCUT2D eigenvalue weighted by atomic mass is 10.1. The van der Waals surface area contributed by atoms with Gasteiger partial charge in [0.1, 0.15) is 0 Å². The molecule has 0 radical (unpaired) electrons. The number of benzene rings is 1. The number of anilines is 1. The van der Waals surface area contributed by atoms with Gasteiger partial charge < -0.3 is 9.80 Å². The van der Waals surface area contributed by atoms with Crippen LogP contribution in [-0.2, 0) is 0 Å². The highest BCUT2D eigenvalue weighted by atomic mass is 15.2. The van der Waals surface area contributed by atoms with E-state index in [1.165, 1.54) is 42.7 Å². The van der Waals surface area contributed by atoms with Gasteiger partial charge in [-0.05, 0) is 44.2 Å². The summed E-state index contributed by atoms with van der Waals surface area (Å²) >= 11 is 0. The summed E-state index contributed by atoms with van der Waals surface area (Å²) in [7, 11) is 2.19. The molecule has 1 aliphatic heterocycles. The van der Waals surface area contributed by atoms with Crippen molar-refractivity contribution in [3.05, 3.63) is 42.5 Å². The van der Waals surface area contributed by atoms with E-state index in [2.05, 4.69) is 89.7 Å². The van der Waals surface area contributed by atoms with Gasteiger partial charge in [0.05, 0.1) is 0 Å². The minimum Gasteiger partial charge on any atom is -0.369 e. The molecular weight excluding hydrogens is 328 g/mol. The number of piperazine rings is 1. The molecule has 1 aliphatic rings. The second-order valence-electron chi connectivity index (χ2n) is 5.97. The Morgan fingerprint density at radius 1 is 0.741 bits per heavy atom. The standard InChI is InChI=1S/C13H20N2.2C3H8.2C2H6.C2H4/c1-11-4-5-13(10-12(11)2)15-8-6-14(3)7-9-15;2*1-3-2;3*1-2/h4-5,10H,6-9H2,1-3H3;2*3H2,1-2H3;2*1-2H3;1-2H2. The molecule has 0 aromatic heterocycles. The Morgan fingerprint density at radius 2 is 1.11 bits per heavy atom. The van der Waals surface area contributed by atoms with Crippen molar-refractivity contribution in [1.29, 1.82) is 0 Å². The fourth-order valence-corrected chi connectivity index (χ4v) is 1.99. The Hall–Kier alpha value is -1.28. The fraction of sp³-hybridized carbons (Fsp3) is 0.680. The van der Waals surface area contributed by atoms with Crippen LogP contribution in [0.1, 0.15) is 79.4 Å². The quantitative estimate of drug-likeness (QED) is 0.460. The largest absolute Gasteiger partial charge is 0.369 e. The van der Waals surface area contributed by atoms with Gasteiger partial charge in [0.25, 0.3) is 0 Å². The van der Waals surface area contributed by atoms with E-state index in [9.17, 15) is 0 Å². The molecule has 1 heterocycles. The van der Waals surface area contributed by atoms with Crippen LogP contribution in [0.25, 0.3) is 0 Å². The summed E-state index contributed by atoms with van der Waals surface area (Å²) < 4.78 is 0. The van der Waals surface area contributed by atoms with Gasteiger partial charge in [0, 0.05) is 31.9 Å². The van der Waals surface area contributed by atoms with Crippen LogP contribution < -0.4 is 4.90 Å². The van der Waals surface area contributed by atoms with Crippen LogP contribution in [0.15, 0.2) is 31.4 Å². The Kier molecular flexibility index (Phi) is 33.2. The van der Waals surface area contributed by atoms with Crippen LogP contribution >= 0.6 is 0 Å². The summed E-state index contributed by atoms with van der Waals surface area (Å²) in [5.41, 5.74) is 4.16. The Labute approximate surface area is 173 Å². The molecule has 2 rings (SSSR count). The molecule has 0 saturated carbocycles. The lowest BCUT2D eigenvalue weighted by Gasteiger charge is -2.34. The molecule has 27 heavy (non-hydrogen) atoms. The number of hydrogen-bond donors (Lipinski definition) is 0. The van der Waals surface area contributed by atoms with Gasteiger partial charge in [0.15, 0.2) is 0 Å². The van der Waals surface area contributed by atoms with Crippen molar-refractivity contribution in [1.82, 2.24) is 4.90 Å². The molecule has 0 spiro atoms. The molecule has 1 aromatic rings. The van der Waals surface area contributed by atoms with E-state index >= 15 is 0 Å². The van der Waals surface area contributed by atoms with E-state index in [-0.39, 0.29) is 0 Å². The lowest BCUT2D eigenvalue weighted by molar-refractivity contribution is 0.313. The number of likely N-dealkylation sites (N-methyl/N-ethyl adjacent to an activating group) is 1. The molecular formula is C25H52N2. The summed E-state index contributed by atoms with van der Waals surface area (Å²) in [6.07, 6.45) is 2.50. The van der Waals surface area contributed by atoms with Crippen LogP contribution in [0.2, 0.25) is 0 Å². The third-order valence-corrected chi connectivity index (χ3v) is 3.36. The molecule has 0 atom stereocenters. The van der Waals surface area contributed by atoms with Crippen LogP contribution in [0.3, 0.4) is 0 Å². The van der Waals surface area contributed by atoms with Gasteiger partial charge in [0.2, 0.25) is 0 Å². The molecule has 0 N–H and O–H groups in total. The average Bonchev–Trinajstić information content (AvgIpc) is 2.71. The monoisotopic (exact) mass is 380 g/mol. The second kappa shape index (κ2) is 26.9. The van der Waals surface area contributed by atoms with E-state index in [0.717, 1.165) is 13.1 Å². The van der Waals surface area contributed by atoms with Crippen molar-refractivity contribution >= 4 is 5.69 Å². The molecule has 162 valence electrons. The maximum Gasteiger partial charge on any atom is 0.0369 e. The zero-order valence-electron chi connectivity index (χ0n) is 20.8. The number of hydrogen-bond acceptors (Lipinski definition) is 2. The number of nitrogens with zero attached hydrogens (tertiary/aromatic N) is 2. The highest BCUT2D eigenvalue weighted by Gasteiger charge is 2.14. The third-order valence-electron chi connectivity index (χ3n) is 3.36. The molecule has 0 bridgehead atoms. The van der Waals surface area contributed by atoms with Gasteiger partial charge in [-0.2, -0.15) is 0 Å². The fourth-order valence-electron chi connectivity index (χ4n) is 1.99. The van der Waals surface area contributed by atoms with E-state index in [1.54, 1.807) is 0 Å². The van der Waals surface area contributed by atoms with Gasteiger partial charge in [-0.3, -0.25) is 0 Å². The summed E-state index contributed by atoms with van der Waals surface area (Å²) in [5, 5.41) is 0. The molecule has 1 saturated heterocycles. The van der Waals surface area contributed by atoms with E-state index < -0.39 is 0 Å². The average molecular weight is 381 g/mol. The van der Waals surface area contributed by atoms with Gasteiger partial charge in [-0.1, -0.05) is 74.3 Å². The van der Waals surface area contributed by atoms with Gasteiger partial charge >= 0.3 is 0 Å². The number of rotatable bonds is 1. The van der Waals surface area contributed by atoms with Crippen molar-refractivity contribution < 1.29 is 0 Å². The molecule has 0 aliphatic carbocycles. The minimum absolute atomic E-state index is 1.15.